The Balaban J connectivity index is 1.63. The number of imidazole rings is 1. The van der Waals surface area contributed by atoms with E-state index in [0.29, 0.717) is 22.8 Å². The molecule has 0 radical (unpaired) electrons. The number of H-pyrrole nitrogens is 1. The molecular weight excluding hydrogens is 427 g/mol. The van der Waals surface area contributed by atoms with Gasteiger partial charge in [-0.25, -0.2) is 15.0 Å². The van der Waals surface area contributed by atoms with Crippen molar-refractivity contribution in [3.05, 3.63) is 47.8 Å². The minimum Gasteiger partial charge on any atom is -0.369 e. The fourth-order valence-electron chi connectivity index (χ4n) is 3.77. The third kappa shape index (κ3) is 4.26. The average Bonchev–Trinajstić information content (AvgIpc) is 3.33. The molecule has 2 unspecified atom stereocenters. The number of primary amides is 1. The van der Waals surface area contributed by atoms with E-state index < -0.39 is 29.5 Å². The van der Waals surface area contributed by atoms with Gasteiger partial charge in [-0.3, -0.25) is 14.5 Å². The first-order valence-electron chi connectivity index (χ1n) is 9.83. The van der Waals surface area contributed by atoms with Crippen molar-refractivity contribution in [1.29, 1.82) is 0 Å². The number of benzene rings is 1. The first kappa shape index (κ1) is 21.7. The van der Waals surface area contributed by atoms with Crippen LogP contribution >= 0.6 is 0 Å². The summed E-state index contributed by atoms with van der Waals surface area (Å²) in [6, 6.07) is 5.40. The summed E-state index contributed by atoms with van der Waals surface area (Å²) in [7, 11) is 1.89. The normalized spacial score (nSPS) is 18.1. The number of halogens is 3. The van der Waals surface area contributed by atoms with Crippen molar-refractivity contribution < 1.29 is 22.8 Å². The molecule has 0 saturated carbocycles. The molecule has 4 rings (SSSR count). The van der Waals surface area contributed by atoms with Gasteiger partial charge in [0, 0.05) is 11.9 Å². The van der Waals surface area contributed by atoms with Gasteiger partial charge in [-0.1, -0.05) is 0 Å². The highest BCUT2D eigenvalue weighted by Gasteiger charge is 2.35. The number of nitrogens with two attached hydrogens (primary N) is 1. The van der Waals surface area contributed by atoms with Crippen LogP contribution in [-0.4, -0.2) is 56.3 Å². The van der Waals surface area contributed by atoms with Crippen LogP contribution in [0.15, 0.2) is 30.5 Å². The molecule has 1 aliphatic rings. The van der Waals surface area contributed by atoms with Crippen LogP contribution in [0.25, 0.3) is 11.0 Å². The summed E-state index contributed by atoms with van der Waals surface area (Å²) in [6.07, 6.45) is -2.06. The molecule has 1 aliphatic heterocycles. The molecule has 1 fully saturated rings. The number of fused-ring (bicyclic) bond motifs is 1. The van der Waals surface area contributed by atoms with Gasteiger partial charge in [-0.2, -0.15) is 13.2 Å². The summed E-state index contributed by atoms with van der Waals surface area (Å²) < 4.78 is 39.1. The fraction of sp³-hybridized carbons (Fsp3) is 0.350. The SMILES string of the molecule is CN1CCCC1C(=O)Nc1ccc2nc(C(C(N)=O)c3nccc(C(F)(F)F)n3)[nH]c2c1. The minimum atomic E-state index is -4.70. The van der Waals surface area contributed by atoms with Gasteiger partial charge >= 0.3 is 6.18 Å². The van der Waals surface area contributed by atoms with Gasteiger partial charge in [0.25, 0.3) is 0 Å². The number of carbonyl (C=O) groups excluding carboxylic acids is 2. The molecular formula is C20H20F3N7O2. The number of aromatic nitrogens is 4. The highest BCUT2D eigenvalue weighted by molar-refractivity contribution is 5.96. The molecule has 2 amide bonds. The predicted molar refractivity (Wildman–Crippen MR) is 108 cm³/mol. The summed E-state index contributed by atoms with van der Waals surface area (Å²) in [5, 5.41) is 2.85. The largest absolute Gasteiger partial charge is 0.433 e. The second kappa shape index (κ2) is 8.19. The van der Waals surface area contributed by atoms with Gasteiger partial charge in [0.15, 0.2) is 5.92 Å². The number of carbonyl (C=O) groups is 2. The van der Waals surface area contributed by atoms with Gasteiger partial charge in [-0.05, 0) is 50.7 Å². The van der Waals surface area contributed by atoms with E-state index in [-0.39, 0.29) is 17.8 Å². The standard InChI is InChI=1S/C20H20F3N7O2/c1-30-8-2-3-13(30)19(32)26-10-4-5-11-12(9-10)28-18(27-11)15(16(24)31)17-25-7-6-14(29-17)20(21,22)23/h4-7,9,13,15H,2-3,8H2,1H3,(H2,24,31)(H,26,32)(H,27,28). The number of aromatic amines is 1. The summed E-state index contributed by atoms with van der Waals surface area (Å²) in [6.45, 7) is 0.854. The van der Waals surface area contributed by atoms with E-state index in [2.05, 4.69) is 25.3 Å². The number of nitrogens with zero attached hydrogens (tertiary/aromatic N) is 4. The molecule has 168 valence electrons. The number of nitrogens with one attached hydrogen (secondary N) is 2. The van der Waals surface area contributed by atoms with E-state index in [1.165, 1.54) is 0 Å². The number of anilines is 1. The number of amides is 2. The zero-order chi connectivity index (χ0) is 23.0. The number of likely N-dealkylation sites (tertiary alicyclic amines) is 1. The van der Waals surface area contributed by atoms with Crippen molar-refractivity contribution in [2.45, 2.75) is 31.0 Å². The molecule has 2 aromatic heterocycles. The van der Waals surface area contributed by atoms with Crippen LogP contribution in [0.4, 0.5) is 18.9 Å². The first-order valence-corrected chi connectivity index (χ1v) is 9.83. The Morgan fingerprint density at radius 2 is 2.06 bits per heavy atom. The third-order valence-corrected chi connectivity index (χ3v) is 5.37. The Bertz CT molecular complexity index is 1180. The van der Waals surface area contributed by atoms with Crippen molar-refractivity contribution >= 4 is 28.5 Å². The maximum atomic E-state index is 13.0. The molecule has 1 aromatic carbocycles. The van der Waals surface area contributed by atoms with Crippen molar-refractivity contribution in [2.75, 3.05) is 18.9 Å². The average molecular weight is 447 g/mol. The maximum absolute atomic E-state index is 13.0. The topological polar surface area (TPSA) is 130 Å². The number of hydrogen-bond acceptors (Lipinski definition) is 6. The van der Waals surface area contributed by atoms with Crippen LogP contribution in [0.2, 0.25) is 0 Å². The van der Waals surface area contributed by atoms with Gasteiger partial charge < -0.3 is 16.0 Å². The first-order chi connectivity index (χ1) is 15.1. The summed E-state index contributed by atoms with van der Waals surface area (Å²) in [4.78, 5) is 41.0. The summed E-state index contributed by atoms with van der Waals surface area (Å²) in [5.41, 5.74) is 5.68. The van der Waals surface area contributed by atoms with Crippen molar-refractivity contribution in [1.82, 2.24) is 24.8 Å². The molecule has 4 N–H and O–H groups in total. The lowest BCUT2D eigenvalue weighted by molar-refractivity contribution is -0.141. The van der Waals surface area contributed by atoms with Crippen molar-refractivity contribution in [2.24, 2.45) is 5.73 Å². The van der Waals surface area contributed by atoms with E-state index in [1.54, 1.807) is 18.2 Å². The molecule has 12 heteroatoms. The summed E-state index contributed by atoms with van der Waals surface area (Å²) >= 11 is 0. The van der Waals surface area contributed by atoms with Crippen LogP contribution in [-0.2, 0) is 15.8 Å². The predicted octanol–water partition coefficient (Wildman–Crippen LogP) is 2.02. The van der Waals surface area contributed by atoms with Crippen LogP contribution in [0.5, 0.6) is 0 Å². The third-order valence-electron chi connectivity index (χ3n) is 5.37. The Labute approximate surface area is 180 Å². The second-order valence-electron chi connectivity index (χ2n) is 7.62. The lowest BCUT2D eigenvalue weighted by Crippen LogP contribution is -2.37. The van der Waals surface area contributed by atoms with E-state index in [0.717, 1.165) is 25.6 Å². The summed E-state index contributed by atoms with van der Waals surface area (Å²) in [5.74, 6) is -2.90. The Morgan fingerprint density at radius 1 is 1.28 bits per heavy atom. The van der Waals surface area contributed by atoms with E-state index in [9.17, 15) is 22.8 Å². The van der Waals surface area contributed by atoms with E-state index >= 15 is 0 Å². The molecule has 0 spiro atoms. The fourth-order valence-corrected chi connectivity index (χ4v) is 3.77. The molecule has 32 heavy (non-hydrogen) atoms. The van der Waals surface area contributed by atoms with E-state index in [4.69, 9.17) is 5.73 Å². The molecule has 3 heterocycles. The smallest absolute Gasteiger partial charge is 0.369 e. The number of hydrogen-bond donors (Lipinski definition) is 3. The molecule has 0 aliphatic carbocycles. The minimum absolute atomic E-state index is 0.00540. The molecule has 2 atom stereocenters. The lowest BCUT2D eigenvalue weighted by atomic mass is 10.1. The monoisotopic (exact) mass is 447 g/mol. The van der Waals surface area contributed by atoms with Crippen LogP contribution in [0, 0.1) is 0 Å². The van der Waals surface area contributed by atoms with Gasteiger partial charge in [0.05, 0.1) is 17.1 Å². The van der Waals surface area contributed by atoms with E-state index in [1.807, 2.05) is 11.9 Å². The Hall–Kier alpha value is -3.54. The zero-order valence-corrected chi connectivity index (χ0v) is 17.0. The molecule has 1 saturated heterocycles. The van der Waals surface area contributed by atoms with Gasteiger partial charge in [0.1, 0.15) is 17.3 Å². The zero-order valence-electron chi connectivity index (χ0n) is 17.0. The lowest BCUT2D eigenvalue weighted by Gasteiger charge is -2.18. The van der Waals surface area contributed by atoms with Gasteiger partial charge in [0.2, 0.25) is 11.8 Å². The van der Waals surface area contributed by atoms with Crippen molar-refractivity contribution in [3.8, 4) is 0 Å². The number of alkyl halides is 3. The molecule has 3 aromatic rings. The Kier molecular flexibility index (Phi) is 5.55. The van der Waals surface area contributed by atoms with Gasteiger partial charge in [-0.15, -0.1) is 0 Å². The number of likely N-dealkylation sites (N-methyl/N-ethyl adjacent to an activating group) is 1. The highest BCUT2D eigenvalue weighted by atomic mass is 19.4. The van der Waals surface area contributed by atoms with Crippen LogP contribution in [0.3, 0.4) is 0 Å². The highest BCUT2D eigenvalue weighted by Crippen LogP contribution is 2.30. The number of rotatable bonds is 5. The second-order valence-corrected chi connectivity index (χ2v) is 7.62. The Morgan fingerprint density at radius 3 is 2.72 bits per heavy atom. The van der Waals surface area contributed by atoms with Crippen LogP contribution < -0.4 is 11.1 Å². The van der Waals surface area contributed by atoms with Crippen LogP contribution in [0.1, 0.15) is 36.1 Å². The maximum Gasteiger partial charge on any atom is 0.433 e. The van der Waals surface area contributed by atoms with Crippen molar-refractivity contribution in [3.63, 3.8) is 0 Å². The quantitative estimate of drug-likeness (QED) is 0.549. The molecule has 0 bridgehead atoms. The molecule has 9 nitrogen and oxygen atoms in total.